The van der Waals surface area contributed by atoms with E-state index in [0.29, 0.717) is 45.6 Å². The number of aryl methyl sites for hydroxylation is 1. The number of hydrogen-bond donors (Lipinski definition) is 2. The van der Waals surface area contributed by atoms with Crippen molar-refractivity contribution in [3.05, 3.63) is 85.7 Å². The number of piperidine rings is 4. The number of aromatic nitrogens is 2. The highest BCUT2D eigenvalue weighted by Gasteiger charge is 2.47. The Morgan fingerprint density at radius 1 is 0.909 bits per heavy atom. The van der Waals surface area contributed by atoms with Crippen molar-refractivity contribution in [3.8, 4) is 0 Å². The normalized spacial score (nSPS) is 24.3. The second kappa shape index (κ2) is 14.6. The molecule has 14 nitrogen and oxygen atoms in total. The fourth-order valence-electron chi connectivity index (χ4n) is 9.24. The number of imide groups is 2. The van der Waals surface area contributed by atoms with Gasteiger partial charge < -0.3 is 20.0 Å². The van der Waals surface area contributed by atoms with Gasteiger partial charge in [0.1, 0.15) is 10.5 Å². The van der Waals surface area contributed by atoms with Gasteiger partial charge in [-0.1, -0.05) is 18.2 Å². The lowest BCUT2D eigenvalue weighted by molar-refractivity contribution is -0.136. The third-order valence-electron chi connectivity index (χ3n) is 12.4. The van der Waals surface area contributed by atoms with Crippen LogP contribution >= 0.6 is 15.9 Å². The van der Waals surface area contributed by atoms with E-state index in [0.717, 1.165) is 63.2 Å². The molecule has 2 aromatic carbocycles. The maximum absolute atomic E-state index is 13.7. The van der Waals surface area contributed by atoms with Gasteiger partial charge in [-0.15, -0.1) is 0 Å². The summed E-state index contributed by atoms with van der Waals surface area (Å²) in [5, 5.41) is 9.93. The average molecular weight is 814 g/mol. The molecule has 55 heavy (non-hydrogen) atoms. The Labute approximate surface area is 327 Å². The molecule has 1 spiro atoms. The van der Waals surface area contributed by atoms with Gasteiger partial charge in [-0.3, -0.25) is 39.0 Å². The van der Waals surface area contributed by atoms with Gasteiger partial charge in [0.05, 0.1) is 28.7 Å². The SMILES string of the molecule is CN1C[C@H](Nc2cnn(C)c(=O)c2Br)C[C@H](c2ccc(C(=O)N3CCC4(CC3)CCN(c3cccc5c3C(=O)N(C3CCC(=O)NC3=O)C5=O)CC4)cc2)C1. The first-order valence-corrected chi connectivity index (χ1v) is 19.9. The molecule has 5 aliphatic heterocycles. The van der Waals surface area contributed by atoms with E-state index < -0.39 is 29.7 Å². The van der Waals surface area contributed by atoms with Crippen LogP contribution in [0.5, 0.6) is 0 Å². The van der Waals surface area contributed by atoms with Crippen LogP contribution in [0.1, 0.15) is 87.5 Å². The highest BCUT2D eigenvalue weighted by Crippen LogP contribution is 2.44. The number of benzene rings is 2. The molecule has 3 aromatic rings. The minimum atomic E-state index is -0.997. The predicted octanol–water partition coefficient (Wildman–Crippen LogP) is 3.37. The van der Waals surface area contributed by atoms with Crippen LogP contribution in [0.3, 0.4) is 0 Å². The highest BCUT2D eigenvalue weighted by molar-refractivity contribution is 9.10. The van der Waals surface area contributed by atoms with Crippen molar-refractivity contribution in [3.63, 3.8) is 0 Å². The zero-order valence-electron chi connectivity index (χ0n) is 31.1. The van der Waals surface area contributed by atoms with Gasteiger partial charge in [0.2, 0.25) is 11.8 Å². The molecule has 15 heteroatoms. The average Bonchev–Trinajstić information content (AvgIpc) is 3.44. The number of likely N-dealkylation sites (N-methyl/N-ethyl adjacent to an activating group) is 1. The number of carbonyl (C=O) groups excluding carboxylic acids is 5. The van der Waals surface area contributed by atoms with Crippen molar-refractivity contribution < 1.29 is 24.0 Å². The lowest BCUT2D eigenvalue weighted by Crippen LogP contribution is -2.54. The van der Waals surface area contributed by atoms with Crippen LogP contribution in [0.15, 0.2) is 57.9 Å². The Kier molecular flexibility index (Phi) is 9.86. The molecule has 5 aliphatic rings. The van der Waals surface area contributed by atoms with Gasteiger partial charge in [0.15, 0.2) is 0 Å². The molecule has 6 heterocycles. The molecule has 1 aromatic heterocycles. The zero-order valence-corrected chi connectivity index (χ0v) is 32.6. The number of likely N-dealkylation sites (tertiary alicyclic amines) is 2. The first-order chi connectivity index (χ1) is 26.4. The molecule has 0 saturated carbocycles. The van der Waals surface area contributed by atoms with Gasteiger partial charge in [0, 0.05) is 64.3 Å². The van der Waals surface area contributed by atoms with Gasteiger partial charge in [-0.05, 0) is 103 Å². The molecule has 5 amide bonds. The number of rotatable bonds is 6. The van der Waals surface area contributed by atoms with Crippen LogP contribution in [0.4, 0.5) is 11.4 Å². The van der Waals surface area contributed by atoms with Crippen LogP contribution in [0.25, 0.3) is 0 Å². The first kappa shape index (κ1) is 37.1. The lowest BCUT2D eigenvalue weighted by atomic mass is 9.71. The van der Waals surface area contributed by atoms with Crippen LogP contribution < -0.4 is 21.1 Å². The summed E-state index contributed by atoms with van der Waals surface area (Å²) in [6, 6.07) is 12.5. The molecule has 1 unspecified atom stereocenters. The summed E-state index contributed by atoms with van der Waals surface area (Å²) >= 11 is 3.42. The van der Waals surface area contributed by atoms with E-state index in [9.17, 15) is 28.8 Å². The van der Waals surface area contributed by atoms with Gasteiger partial charge in [-0.25, -0.2) is 4.68 Å². The smallest absolute Gasteiger partial charge is 0.282 e. The quantitative estimate of drug-likeness (QED) is 0.354. The molecule has 2 N–H and O–H groups in total. The molecule has 288 valence electrons. The van der Waals surface area contributed by atoms with Crippen molar-refractivity contribution in [1.29, 1.82) is 0 Å². The second-order valence-electron chi connectivity index (χ2n) is 15.8. The van der Waals surface area contributed by atoms with Crippen LogP contribution in [0, 0.1) is 5.41 Å². The van der Waals surface area contributed by atoms with E-state index in [1.54, 1.807) is 25.4 Å². The fraction of sp³-hybridized carbons (Fsp3) is 0.475. The fourth-order valence-corrected chi connectivity index (χ4v) is 9.72. The van der Waals surface area contributed by atoms with Gasteiger partial charge >= 0.3 is 0 Å². The van der Waals surface area contributed by atoms with Gasteiger partial charge in [0.25, 0.3) is 23.3 Å². The largest absolute Gasteiger partial charge is 0.379 e. The van der Waals surface area contributed by atoms with Crippen LogP contribution in [-0.2, 0) is 16.6 Å². The van der Waals surface area contributed by atoms with Crippen LogP contribution in [-0.4, -0.2) is 112 Å². The van der Waals surface area contributed by atoms with Crippen molar-refractivity contribution in [1.82, 2.24) is 29.8 Å². The molecular formula is C40H45BrN8O6. The van der Waals surface area contributed by atoms with Crippen molar-refractivity contribution in [2.45, 2.75) is 62.9 Å². The third-order valence-corrected chi connectivity index (χ3v) is 13.2. The van der Waals surface area contributed by atoms with E-state index >= 15 is 0 Å². The predicted molar refractivity (Wildman–Crippen MR) is 208 cm³/mol. The molecule has 0 bridgehead atoms. The second-order valence-corrected chi connectivity index (χ2v) is 16.6. The molecular weight excluding hydrogens is 768 g/mol. The molecule has 4 saturated heterocycles. The summed E-state index contributed by atoms with van der Waals surface area (Å²) in [5.41, 5.74) is 3.80. The number of halogens is 1. The summed E-state index contributed by atoms with van der Waals surface area (Å²) in [6.07, 6.45) is 6.38. The van der Waals surface area contributed by atoms with E-state index in [1.807, 2.05) is 23.1 Å². The standard InChI is InChI=1S/C40H45BrN8O6/c1-45-22-26(20-27(23-45)43-29-21-42-46(2)39(55)34(29)41)24-6-8-25(9-7-24)36(52)48-18-14-40(15-19-48)12-16-47(17-13-40)30-5-3-4-28-33(30)38(54)49(37(28)53)31-10-11-32(50)44-35(31)51/h3-9,21,26-27,31,43H,10-20,22-23H2,1-2H3,(H,44,50,51)/t26-,27+,31?/m0/s1. The first-order valence-electron chi connectivity index (χ1n) is 19.1. The van der Waals surface area contributed by atoms with Crippen molar-refractivity contribution >= 4 is 56.8 Å². The Bertz CT molecular complexity index is 2120. The molecule has 0 radical (unpaired) electrons. The zero-order chi connectivity index (χ0) is 38.6. The number of nitrogens with zero attached hydrogens (tertiary/aromatic N) is 6. The Morgan fingerprint density at radius 3 is 2.33 bits per heavy atom. The summed E-state index contributed by atoms with van der Waals surface area (Å²) in [7, 11) is 3.72. The van der Waals surface area contributed by atoms with E-state index in [-0.39, 0.29) is 41.7 Å². The Balaban J connectivity index is 0.862. The van der Waals surface area contributed by atoms with Crippen LogP contribution in [0.2, 0.25) is 0 Å². The van der Waals surface area contributed by atoms with E-state index in [4.69, 9.17) is 0 Å². The third kappa shape index (κ3) is 6.96. The lowest BCUT2D eigenvalue weighted by Gasteiger charge is -2.47. The summed E-state index contributed by atoms with van der Waals surface area (Å²) in [6.45, 7) is 4.54. The minimum Gasteiger partial charge on any atom is -0.379 e. The van der Waals surface area contributed by atoms with Crippen molar-refractivity contribution in [2.24, 2.45) is 12.5 Å². The molecule has 4 fully saturated rings. The number of nitrogens with one attached hydrogen (secondary N) is 2. The summed E-state index contributed by atoms with van der Waals surface area (Å²) in [5.74, 6) is -1.68. The minimum absolute atomic E-state index is 0.0470. The Hall–Kier alpha value is -4.89. The Morgan fingerprint density at radius 2 is 1.62 bits per heavy atom. The number of carbonyl (C=O) groups is 5. The number of amides is 5. The topological polar surface area (TPSA) is 157 Å². The number of fused-ring (bicyclic) bond motifs is 1. The van der Waals surface area contributed by atoms with Crippen molar-refractivity contribution in [2.75, 3.05) is 56.5 Å². The summed E-state index contributed by atoms with van der Waals surface area (Å²) < 4.78 is 1.77. The number of anilines is 2. The molecule has 0 aliphatic carbocycles. The summed E-state index contributed by atoms with van der Waals surface area (Å²) in [4.78, 5) is 84.8. The molecule has 8 rings (SSSR count). The van der Waals surface area contributed by atoms with E-state index in [2.05, 4.69) is 60.6 Å². The van der Waals surface area contributed by atoms with E-state index in [1.165, 1.54) is 10.2 Å². The van der Waals surface area contributed by atoms with Gasteiger partial charge in [-0.2, -0.15) is 5.10 Å². The maximum Gasteiger partial charge on any atom is 0.282 e. The molecule has 3 atom stereocenters. The number of hydrogen-bond acceptors (Lipinski definition) is 10. The maximum atomic E-state index is 13.7. The highest BCUT2D eigenvalue weighted by atomic mass is 79.9. The monoisotopic (exact) mass is 812 g/mol.